The third kappa shape index (κ3) is 1.62. The molecule has 2 atom stereocenters. The van der Waals surface area contributed by atoms with Crippen molar-refractivity contribution in [2.24, 2.45) is 11.8 Å². The van der Waals surface area contributed by atoms with Gasteiger partial charge in [-0.25, -0.2) is 0 Å². The molecule has 0 spiro atoms. The third-order valence-electron chi connectivity index (χ3n) is 3.87. The first-order valence-electron chi connectivity index (χ1n) is 6.11. The monoisotopic (exact) mass is 215 g/mol. The van der Waals surface area contributed by atoms with Gasteiger partial charge in [0.25, 0.3) is 0 Å². The van der Waals surface area contributed by atoms with Gasteiger partial charge in [-0.2, -0.15) is 0 Å². The van der Waals surface area contributed by atoms with Gasteiger partial charge in [0.05, 0.1) is 0 Å². The molecule has 1 aliphatic heterocycles. The lowest BCUT2D eigenvalue weighted by molar-refractivity contribution is -0.133. The second kappa shape index (κ2) is 3.62. The number of hydrogen-bond donors (Lipinski definition) is 0. The summed E-state index contributed by atoms with van der Waals surface area (Å²) in [4.78, 5) is 14.1. The molecule has 1 saturated carbocycles. The highest BCUT2D eigenvalue weighted by Gasteiger charge is 2.41. The molecule has 1 aromatic rings. The number of amides is 1. The van der Waals surface area contributed by atoms with E-state index in [4.69, 9.17) is 0 Å². The molecule has 0 saturated heterocycles. The summed E-state index contributed by atoms with van der Waals surface area (Å²) in [5.74, 6) is 1.32. The Kier molecular flexibility index (Phi) is 2.23. The zero-order valence-corrected chi connectivity index (χ0v) is 9.65. The molecule has 2 unspecified atom stereocenters. The molecule has 0 bridgehead atoms. The first-order chi connectivity index (χ1) is 7.75. The van der Waals surface area contributed by atoms with Crippen molar-refractivity contribution in [1.82, 2.24) is 4.90 Å². The Balaban J connectivity index is 1.75. The molecule has 0 N–H and O–H groups in total. The predicted molar refractivity (Wildman–Crippen MR) is 62.8 cm³/mol. The van der Waals surface area contributed by atoms with Crippen LogP contribution in [0.5, 0.6) is 0 Å². The van der Waals surface area contributed by atoms with Crippen LogP contribution in [-0.2, 0) is 17.8 Å². The standard InChI is InChI=1S/C14H17NO/c1-10-8-13(10)14(16)15-7-6-11-4-2-3-5-12(11)9-15/h2-5,10,13H,6-9H2,1H3. The van der Waals surface area contributed by atoms with E-state index in [-0.39, 0.29) is 0 Å². The van der Waals surface area contributed by atoms with E-state index >= 15 is 0 Å². The summed E-state index contributed by atoms with van der Waals surface area (Å²) in [6.07, 6.45) is 2.11. The van der Waals surface area contributed by atoms with Gasteiger partial charge in [-0.3, -0.25) is 4.79 Å². The largest absolute Gasteiger partial charge is 0.338 e. The summed E-state index contributed by atoms with van der Waals surface area (Å²) in [6.45, 7) is 3.89. The van der Waals surface area contributed by atoms with E-state index < -0.39 is 0 Å². The molecule has 2 aliphatic rings. The van der Waals surface area contributed by atoms with E-state index in [0.29, 0.717) is 17.7 Å². The Bertz CT molecular complexity index is 426. The number of benzene rings is 1. The van der Waals surface area contributed by atoms with Crippen LogP contribution in [0.25, 0.3) is 0 Å². The van der Waals surface area contributed by atoms with Crippen molar-refractivity contribution in [2.45, 2.75) is 26.3 Å². The smallest absolute Gasteiger partial charge is 0.226 e. The Morgan fingerprint density at radius 3 is 2.69 bits per heavy atom. The summed E-state index contributed by atoms with van der Waals surface area (Å²) >= 11 is 0. The van der Waals surface area contributed by atoms with Gasteiger partial charge in [0.2, 0.25) is 5.91 Å². The first kappa shape index (κ1) is 9.88. The summed E-state index contributed by atoms with van der Waals surface area (Å²) in [5, 5.41) is 0. The lowest BCUT2D eigenvalue weighted by Gasteiger charge is -2.29. The van der Waals surface area contributed by atoms with Gasteiger partial charge in [0, 0.05) is 19.0 Å². The summed E-state index contributed by atoms with van der Waals surface area (Å²) in [5.41, 5.74) is 2.74. The van der Waals surface area contributed by atoms with Crippen molar-refractivity contribution in [1.29, 1.82) is 0 Å². The van der Waals surface area contributed by atoms with E-state index in [1.165, 1.54) is 11.1 Å². The van der Waals surface area contributed by atoms with Crippen LogP contribution in [0.1, 0.15) is 24.5 Å². The fourth-order valence-electron chi connectivity index (χ4n) is 2.58. The van der Waals surface area contributed by atoms with Gasteiger partial charge < -0.3 is 4.90 Å². The van der Waals surface area contributed by atoms with Crippen LogP contribution in [0.4, 0.5) is 0 Å². The molecule has 1 heterocycles. The zero-order valence-electron chi connectivity index (χ0n) is 9.65. The summed E-state index contributed by atoms with van der Waals surface area (Å²) in [6, 6.07) is 8.47. The van der Waals surface area contributed by atoms with Crippen molar-refractivity contribution < 1.29 is 4.79 Å². The van der Waals surface area contributed by atoms with Crippen LogP contribution in [0.3, 0.4) is 0 Å². The van der Waals surface area contributed by atoms with E-state index in [2.05, 4.69) is 31.2 Å². The van der Waals surface area contributed by atoms with Crippen molar-refractivity contribution in [3.63, 3.8) is 0 Å². The van der Waals surface area contributed by atoms with Crippen LogP contribution in [0.2, 0.25) is 0 Å². The third-order valence-corrected chi connectivity index (χ3v) is 3.87. The lowest BCUT2D eigenvalue weighted by Crippen LogP contribution is -2.37. The van der Waals surface area contributed by atoms with Gasteiger partial charge >= 0.3 is 0 Å². The number of fused-ring (bicyclic) bond motifs is 1. The van der Waals surface area contributed by atoms with Crippen molar-refractivity contribution in [3.8, 4) is 0 Å². The van der Waals surface area contributed by atoms with Gasteiger partial charge in [-0.1, -0.05) is 31.2 Å². The molecule has 2 nitrogen and oxygen atoms in total. The van der Waals surface area contributed by atoms with E-state index in [0.717, 1.165) is 25.9 Å². The zero-order chi connectivity index (χ0) is 11.1. The highest BCUT2D eigenvalue weighted by atomic mass is 16.2. The maximum Gasteiger partial charge on any atom is 0.226 e. The predicted octanol–water partition coefficient (Wildman–Crippen LogP) is 2.23. The molecule has 16 heavy (non-hydrogen) atoms. The topological polar surface area (TPSA) is 20.3 Å². The van der Waals surface area contributed by atoms with Crippen molar-refractivity contribution in [3.05, 3.63) is 35.4 Å². The number of nitrogens with zero attached hydrogens (tertiary/aromatic N) is 1. The van der Waals surface area contributed by atoms with Crippen molar-refractivity contribution >= 4 is 5.91 Å². The highest BCUT2D eigenvalue weighted by Crippen LogP contribution is 2.39. The molecule has 1 aromatic carbocycles. The van der Waals surface area contributed by atoms with E-state index in [1.807, 2.05) is 4.90 Å². The van der Waals surface area contributed by atoms with Crippen LogP contribution in [-0.4, -0.2) is 17.4 Å². The number of hydrogen-bond acceptors (Lipinski definition) is 1. The molecule has 0 aromatic heterocycles. The first-order valence-corrected chi connectivity index (χ1v) is 6.11. The van der Waals surface area contributed by atoms with E-state index in [1.54, 1.807) is 0 Å². The fourth-order valence-corrected chi connectivity index (χ4v) is 2.58. The molecule has 84 valence electrons. The average molecular weight is 215 g/mol. The maximum absolute atomic E-state index is 12.1. The van der Waals surface area contributed by atoms with Gasteiger partial charge in [0.15, 0.2) is 0 Å². The Hall–Kier alpha value is -1.31. The van der Waals surface area contributed by atoms with Crippen LogP contribution >= 0.6 is 0 Å². The SMILES string of the molecule is CC1CC1C(=O)N1CCc2ccccc2C1. The minimum absolute atomic E-state index is 0.324. The molecular weight excluding hydrogens is 198 g/mol. The second-order valence-corrected chi connectivity index (χ2v) is 5.10. The molecule has 2 heteroatoms. The van der Waals surface area contributed by atoms with Crippen LogP contribution < -0.4 is 0 Å². The molecule has 1 fully saturated rings. The minimum atomic E-state index is 0.324. The Labute approximate surface area is 96.3 Å². The molecular formula is C14H17NO. The summed E-state index contributed by atoms with van der Waals surface area (Å²) in [7, 11) is 0. The minimum Gasteiger partial charge on any atom is -0.338 e. The number of carbonyl (C=O) groups is 1. The quantitative estimate of drug-likeness (QED) is 0.703. The molecule has 1 amide bonds. The van der Waals surface area contributed by atoms with E-state index in [9.17, 15) is 4.79 Å². The highest BCUT2D eigenvalue weighted by molar-refractivity contribution is 5.81. The van der Waals surface area contributed by atoms with Gasteiger partial charge in [-0.05, 0) is 29.9 Å². The van der Waals surface area contributed by atoms with Crippen LogP contribution in [0, 0.1) is 11.8 Å². The molecule has 1 aliphatic carbocycles. The normalized spacial score (nSPS) is 27.4. The van der Waals surface area contributed by atoms with Gasteiger partial charge in [-0.15, -0.1) is 0 Å². The Morgan fingerprint density at radius 1 is 1.31 bits per heavy atom. The van der Waals surface area contributed by atoms with Gasteiger partial charge in [0.1, 0.15) is 0 Å². The second-order valence-electron chi connectivity index (χ2n) is 5.10. The molecule has 3 rings (SSSR count). The molecule has 0 radical (unpaired) electrons. The Morgan fingerprint density at radius 2 is 2.00 bits per heavy atom. The summed E-state index contributed by atoms with van der Waals surface area (Å²) < 4.78 is 0. The van der Waals surface area contributed by atoms with Crippen molar-refractivity contribution in [2.75, 3.05) is 6.54 Å². The number of carbonyl (C=O) groups excluding carboxylic acids is 1. The average Bonchev–Trinajstić information content (AvgIpc) is 3.05. The maximum atomic E-state index is 12.1. The fraction of sp³-hybridized carbons (Fsp3) is 0.500. The number of rotatable bonds is 1. The lowest BCUT2D eigenvalue weighted by atomic mass is 9.99. The van der Waals surface area contributed by atoms with Crippen LogP contribution in [0.15, 0.2) is 24.3 Å².